The van der Waals surface area contributed by atoms with Crippen LogP contribution in [0.2, 0.25) is 10.0 Å². The molecule has 0 atom stereocenters. The fourth-order valence-electron chi connectivity index (χ4n) is 1.31. The van der Waals surface area contributed by atoms with Crippen molar-refractivity contribution in [2.24, 2.45) is 0 Å². The number of carbonyl (C=O) groups is 1. The molecule has 0 bridgehead atoms. The van der Waals surface area contributed by atoms with Crippen LogP contribution >= 0.6 is 23.2 Å². The Balaban J connectivity index is 2.63. The quantitative estimate of drug-likeness (QED) is 0.464. The van der Waals surface area contributed by atoms with Gasteiger partial charge >= 0.3 is 0 Å². The molecular weight excluding hydrogens is 273 g/mol. The minimum Gasteiger partial charge on any atom is -0.453 e. The van der Waals surface area contributed by atoms with E-state index in [-0.39, 0.29) is 22.1 Å². The normalized spacial score (nSPS) is 10.6. The molecule has 2 rings (SSSR count). The van der Waals surface area contributed by atoms with Crippen LogP contribution in [0.1, 0.15) is 10.6 Å². The number of hydrogen-bond donors (Lipinski definition) is 0. The Labute approximate surface area is 105 Å². The van der Waals surface area contributed by atoms with E-state index in [4.69, 9.17) is 27.6 Å². The summed E-state index contributed by atoms with van der Waals surface area (Å²) >= 11 is 11.0. The summed E-state index contributed by atoms with van der Waals surface area (Å²) in [6, 6.07) is 3.77. The van der Waals surface area contributed by atoms with Crippen LogP contribution in [0.4, 0.5) is 8.78 Å². The van der Waals surface area contributed by atoms with Crippen molar-refractivity contribution in [1.29, 1.82) is 0 Å². The van der Waals surface area contributed by atoms with E-state index in [1.165, 1.54) is 12.1 Å². The molecule has 2 aromatic rings. The highest BCUT2D eigenvalue weighted by Crippen LogP contribution is 2.34. The zero-order valence-electron chi connectivity index (χ0n) is 8.14. The van der Waals surface area contributed by atoms with Gasteiger partial charge in [-0.15, -0.1) is 0 Å². The molecule has 0 unspecified atom stereocenters. The maximum absolute atomic E-state index is 13.7. The highest BCUT2D eigenvalue weighted by molar-refractivity contribution is 6.35. The average Bonchev–Trinajstić information content (AvgIpc) is 2.79. The summed E-state index contributed by atoms with van der Waals surface area (Å²) in [4.78, 5) is 10.4. The van der Waals surface area contributed by atoms with Gasteiger partial charge in [0.1, 0.15) is 10.8 Å². The van der Waals surface area contributed by atoms with Gasteiger partial charge < -0.3 is 4.42 Å². The molecule has 0 saturated heterocycles. The Kier molecular flexibility index (Phi) is 3.17. The Hall–Kier alpha value is -1.39. The number of rotatable bonds is 2. The summed E-state index contributed by atoms with van der Waals surface area (Å²) in [5.41, 5.74) is -0.102. The van der Waals surface area contributed by atoms with E-state index in [0.29, 0.717) is 6.29 Å². The Bertz CT molecular complexity index is 593. The summed E-state index contributed by atoms with van der Waals surface area (Å²) in [6.07, 6.45) is 0.466. The Morgan fingerprint density at radius 3 is 2.47 bits per heavy atom. The second-order valence-electron chi connectivity index (χ2n) is 3.17. The van der Waals surface area contributed by atoms with Gasteiger partial charge in [-0.1, -0.05) is 23.2 Å². The molecule has 0 radical (unpaired) electrons. The van der Waals surface area contributed by atoms with Crippen LogP contribution in [0.5, 0.6) is 0 Å². The van der Waals surface area contributed by atoms with E-state index in [1.54, 1.807) is 0 Å². The molecule has 0 saturated carbocycles. The van der Waals surface area contributed by atoms with Crippen LogP contribution in [0, 0.1) is 11.6 Å². The molecule has 17 heavy (non-hydrogen) atoms. The predicted octanol–water partition coefficient (Wildman–Crippen LogP) is 4.34. The van der Waals surface area contributed by atoms with Gasteiger partial charge in [0.2, 0.25) is 0 Å². The summed E-state index contributed by atoms with van der Waals surface area (Å²) in [6.45, 7) is 0. The first-order valence-corrected chi connectivity index (χ1v) is 5.18. The van der Waals surface area contributed by atoms with E-state index >= 15 is 0 Å². The van der Waals surface area contributed by atoms with E-state index in [0.717, 1.165) is 6.07 Å². The lowest BCUT2D eigenvalue weighted by atomic mass is 10.1. The van der Waals surface area contributed by atoms with Gasteiger partial charge in [0, 0.05) is 0 Å². The van der Waals surface area contributed by atoms with Gasteiger partial charge in [-0.05, 0) is 18.2 Å². The first-order valence-electron chi connectivity index (χ1n) is 4.43. The molecule has 1 aromatic heterocycles. The SMILES string of the molecule is O=Cc1ccc(-c2cc(Cl)c(F)c(Cl)c2F)o1. The summed E-state index contributed by atoms with van der Waals surface area (Å²) < 4.78 is 31.8. The van der Waals surface area contributed by atoms with Crippen molar-refractivity contribution in [2.45, 2.75) is 0 Å². The smallest absolute Gasteiger partial charge is 0.185 e. The van der Waals surface area contributed by atoms with Crippen LogP contribution in [0.15, 0.2) is 22.6 Å². The maximum Gasteiger partial charge on any atom is 0.185 e. The fraction of sp³-hybridized carbons (Fsp3) is 0. The molecule has 0 aliphatic carbocycles. The summed E-state index contributed by atoms with van der Waals surface area (Å²) in [7, 11) is 0. The van der Waals surface area contributed by atoms with Crippen LogP contribution < -0.4 is 0 Å². The lowest BCUT2D eigenvalue weighted by Crippen LogP contribution is -1.90. The number of carbonyl (C=O) groups excluding carboxylic acids is 1. The molecule has 2 nitrogen and oxygen atoms in total. The second-order valence-corrected chi connectivity index (χ2v) is 3.95. The first kappa shape index (κ1) is 12.1. The standard InChI is InChI=1S/C11H4Cl2F2O2/c12-7-3-6(10(14)9(13)11(7)15)8-2-1-5(4-16)17-8/h1-4H. The lowest BCUT2D eigenvalue weighted by molar-refractivity contribution is 0.110. The van der Waals surface area contributed by atoms with Crippen LogP contribution in [-0.2, 0) is 0 Å². The van der Waals surface area contributed by atoms with Gasteiger partial charge in [-0.3, -0.25) is 4.79 Å². The van der Waals surface area contributed by atoms with E-state index in [1.807, 2.05) is 0 Å². The van der Waals surface area contributed by atoms with Crippen molar-refractivity contribution in [3.63, 3.8) is 0 Å². The van der Waals surface area contributed by atoms with Crippen LogP contribution in [0.3, 0.4) is 0 Å². The zero-order valence-corrected chi connectivity index (χ0v) is 9.65. The Morgan fingerprint density at radius 2 is 1.88 bits per heavy atom. The monoisotopic (exact) mass is 276 g/mol. The zero-order chi connectivity index (χ0) is 12.6. The molecule has 0 aliphatic rings. The Morgan fingerprint density at radius 1 is 1.18 bits per heavy atom. The molecule has 0 fully saturated rings. The van der Waals surface area contributed by atoms with Crippen molar-refractivity contribution >= 4 is 29.5 Å². The van der Waals surface area contributed by atoms with Crippen molar-refractivity contribution in [3.8, 4) is 11.3 Å². The molecule has 6 heteroatoms. The number of furan rings is 1. The molecular formula is C11H4Cl2F2O2. The maximum atomic E-state index is 13.7. The van der Waals surface area contributed by atoms with Crippen molar-refractivity contribution in [2.75, 3.05) is 0 Å². The third-order valence-corrected chi connectivity index (χ3v) is 2.72. The van der Waals surface area contributed by atoms with Crippen molar-refractivity contribution < 1.29 is 18.0 Å². The van der Waals surface area contributed by atoms with E-state index in [2.05, 4.69) is 0 Å². The molecule has 0 amide bonds. The predicted molar refractivity (Wildman–Crippen MR) is 59.5 cm³/mol. The van der Waals surface area contributed by atoms with Crippen molar-refractivity contribution in [1.82, 2.24) is 0 Å². The number of benzene rings is 1. The number of aldehydes is 1. The minimum absolute atomic E-state index is 0.0240. The minimum atomic E-state index is -1.03. The summed E-state index contributed by atoms with van der Waals surface area (Å²) in [5, 5.41) is -1.04. The van der Waals surface area contributed by atoms with Gasteiger partial charge in [0.15, 0.2) is 23.7 Å². The number of hydrogen-bond acceptors (Lipinski definition) is 2. The first-order chi connectivity index (χ1) is 8.04. The number of halogens is 4. The lowest BCUT2D eigenvalue weighted by Gasteiger charge is -2.04. The van der Waals surface area contributed by atoms with Crippen LogP contribution in [-0.4, -0.2) is 6.29 Å². The molecule has 0 N–H and O–H groups in total. The molecule has 88 valence electrons. The van der Waals surface area contributed by atoms with Crippen molar-refractivity contribution in [3.05, 3.63) is 45.6 Å². The van der Waals surface area contributed by atoms with E-state index in [9.17, 15) is 13.6 Å². The topological polar surface area (TPSA) is 30.2 Å². The fourth-order valence-corrected chi connectivity index (χ4v) is 1.77. The molecule has 0 aliphatic heterocycles. The summed E-state index contributed by atoms with van der Waals surface area (Å²) in [5.74, 6) is -1.94. The molecule has 1 heterocycles. The highest BCUT2D eigenvalue weighted by Gasteiger charge is 2.19. The van der Waals surface area contributed by atoms with E-state index < -0.39 is 16.7 Å². The largest absolute Gasteiger partial charge is 0.453 e. The van der Waals surface area contributed by atoms with Gasteiger partial charge in [-0.2, -0.15) is 0 Å². The second kappa shape index (κ2) is 4.47. The van der Waals surface area contributed by atoms with Gasteiger partial charge in [0.05, 0.1) is 10.6 Å². The van der Waals surface area contributed by atoms with Crippen LogP contribution in [0.25, 0.3) is 11.3 Å². The highest BCUT2D eigenvalue weighted by atomic mass is 35.5. The third kappa shape index (κ3) is 2.06. The van der Waals surface area contributed by atoms with Gasteiger partial charge in [-0.25, -0.2) is 8.78 Å². The third-order valence-electron chi connectivity index (χ3n) is 2.11. The molecule has 0 spiro atoms. The van der Waals surface area contributed by atoms with Gasteiger partial charge in [0.25, 0.3) is 0 Å². The average molecular weight is 277 g/mol. The molecule has 1 aromatic carbocycles.